The Bertz CT molecular complexity index is 468. The van der Waals surface area contributed by atoms with E-state index in [0.717, 1.165) is 12.2 Å². The van der Waals surface area contributed by atoms with Crippen molar-refractivity contribution in [1.82, 2.24) is 5.32 Å². The van der Waals surface area contributed by atoms with E-state index in [1.54, 1.807) is 0 Å². The maximum absolute atomic E-state index is 11.0. The zero-order valence-corrected chi connectivity index (χ0v) is 10.7. The van der Waals surface area contributed by atoms with Gasteiger partial charge in [0, 0.05) is 18.8 Å². The molecular weight excluding hydrogens is 264 g/mol. The molecule has 1 aromatic rings. The van der Waals surface area contributed by atoms with Crippen LogP contribution in [0.1, 0.15) is 0 Å². The molecule has 5 nitrogen and oxygen atoms in total. The summed E-state index contributed by atoms with van der Waals surface area (Å²) >= 11 is 0. The third-order valence-electron chi connectivity index (χ3n) is 2.35. The molecule has 1 aromatic carbocycles. The molecule has 1 aliphatic heterocycles. The highest BCUT2D eigenvalue weighted by Gasteiger charge is 2.18. The second-order valence-corrected chi connectivity index (χ2v) is 4.23. The van der Waals surface area contributed by atoms with Crippen LogP contribution < -0.4 is 10.2 Å². The molecular formula is C10H15ClN2O3S. The third kappa shape index (κ3) is 3.71. The maximum Gasteiger partial charge on any atom is 0.235 e. The van der Waals surface area contributed by atoms with Crippen LogP contribution in [0.4, 0.5) is 5.69 Å². The van der Waals surface area contributed by atoms with E-state index in [2.05, 4.69) is 5.32 Å². The summed E-state index contributed by atoms with van der Waals surface area (Å²) in [6.07, 6.45) is 0. The molecule has 0 aliphatic carbocycles. The predicted molar refractivity (Wildman–Crippen MR) is 71.4 cm³/mol. The molecule has 2 rings (SSSR count). The lowest BCUT2D eigenvalue weighted by Gasteiger charge is -2.29. The standard InChI is InChI=1S/C10H12N2O2S.ClH.H2O/c13-15(14)10-8-11-6-7-12(10)9-4-2-1-3-5-9;;/h1-5,11H,6-8H2;1H;1H2. The molecule has 0 unspecified atom stereocenters. The number of benzene rings is 1. The summed E-state index contributed by atoms with van der Waals surface area (Å²) in [5.41, 5.74) is 0.929. The van der Waals surface area contributed by atoms with Gasteiger partial charge in [0.2, 0.25) is 10.3 Å². The molecule has 7 heteroatoms. The highest BCUT2D eigenvalue weighted by molar-refractivity contribution is 7.73. The Morgan fingerprint density at radius 1 is 1.18 bits per heavy atom. The molecule has 17 heavy (non-hydrogen) atoms. The van der Waals surface area contributed by atoms with Gasteiger partial charge in [-0.3, -0.25) is 0 Å². The lowest BCUT2D eigenvalue weighted by molar-refractivity contribution is 0.624. The van der Waals surface area contributed by atoms with Crippen LogP contribution in [-0.4, -0.2) is 38.5 Å². The van der Waals surface area contributed by atoms with E-state index in [1.165, 1.54) is 0 Å². The third-order valence-corrected chi connectivity index (χ3v) is 3.10. The molecule has 0 radical (unpaired) electrons. The van der Waals surface area contributed by atoms with E-state index in [4.69, 9.17) is 0 Å². The van der Waals surface area contributed by atoms with Crippen molar-refractivity contribution in [3.05, 3.63) is 30.3 Å². The van der Waals surface area contributed by atoms with Gasteiger partial charge in [-0.25, -0.2) is 0 Å². The minimum Gasteiger partial charge on any atom is -0.412 e. The Hall–Kier alpha value is -1.08. The first-order chi connectivity index (χ1) is 7.29. The van der Waals surface area contributed by atoms with E-state index < -0.39 is 10.3 Å². The Balaban J connectivity index is 0.00000128. The van der Waals surface area contributed by atoms with Crippen LogP contribution in [0.2, 0.25) is 0 Å². The number of hydrogen-bond donors (Lipinski definition) is 1. The highest BCUT2D eigenvalue weighted by atomic mass is 35.5. The fourth-order valence-electron chi connectivity index (χ4n) is 1.64. The summed E-state index contributed by atoms with van der Waals surface area (Å²) in [5.74, 6) is 0. The molecule has 1 fully saturated rings. The lowest BCUT2D eigenvalue weighted by atomic mass is 10.2. The van der Waals surface area contributed by atoms with E-state index >= 15 is 0 Å². The number of halogens is 1. The first-order valence-electron chi connectivity index (χ1n) is 4.77. The molecule has 1 heterocycles. The van der Waals surface area contributed by atoms with Gasteiger partial charge in [-0.2, -0.15) is 8.42 Å². The van der Waals surface area contributed by atoms with Gasteiger partial charge in [-0.05, 0) is 12.1 Å². The van der Waals surface area contributed by atoms with Gasteiger partial charge in [0.1, 0.15) is 0 Å². The van der Waals surface area contributed by atoms with E-state index in [0.29, 0.717) is 18.1 Å². The summed E-state index contributed by atoms with van der Waals surface area (Å²) in [6, 6.07) is 9.56. The number of nitrogens with zero attached hydrogens (tertiary/aromatic N) is 1. The molecule has 0 bridgehead atoms. The topological polar surface area (TPSA) is 80.9 Å². The van der Waals surface area contributed by atoms with Crippen LogP contribution in [0.3, 0.4) is 0 Å². The van der Waals surface area contributed by atoms with E-state index in [1.807, 2.05) is 35.2 Å². The zero-order chi connectivity index (χ0) is 10.7. The minimum atomic E-state index is -2.15. The predicted octanol–water partition coefficient (Wildman–Crippen LogP) is -0.298. The van der Waals surface area contributed by atoms with Crippen molar-refractivity contribution in [3.63, 3.8) is 0 Å². The first-order valence-corrected chi connectivity index (χ1v) is 5.85. The number of para-hydroxylation sites is 1. The van der Waals surface area contributed by atoms with Crippen molar-refractivity contribution in [1.29, 1.82) is 0 Å². The van der Waals surface area contributed by atoms with Gasteiger partial charge >= 0.3 is 0 Å². The molecule has 0 amide bonds. The molecule has 0 aromatic heterocycles. The molecule has 3 N–H and O–H groups in total. The van der Waals surface area contributed by atoms with Crippen LogP contribution in [-0.2, 0) is 10.3 Å². The van der Waals surface area contributed by atoms with Gasteiger partial charge in [-0.15, -0.1) is 12.4 Å². The second kappa shape index (κ2) is 7.29. The Labute approximate surface area is 108 Å². The minimum absolute atomic E-state index is 0. The monoisotopic (exact) mass is 278 g/mol. The quantitative estimate of drug-likeness (QED) is 0.716. The van der Waals surface area contributed by atoms with Gasteiger partial charge in [-0.1, -0.05) is 18.2 Å². The molecule has 0 saturated carbocycles. The normalized spacial score (nSPS) is 14.6. The SMILES string of the molecule is Cl.O.O=S(=O)=C1CNCCN1c1ccccc1. The number of rotatable bonds is 1. The van der Waals surface area contributed by atoms with Gasteiger partial charge < -0.3 is 15.7 Å². The zero-order valence-electron chi connectivity index (χ0n) is 9.09. The van der Waals surface area contributed by atoms with Crippen LogP contribution >= 0.6 is 12.4 Å². The largest absolute Gasteiger partial charge is 0.412 e. The second-order valence-electron chi connectivity index (χ2n) is 3.29. The average Bonchev–Trinajstić information content (AvgIpc) is 2.30. The van der Waals surface area contributed by atoms with Crippen LogP contribution in [0, 0.1) is 0 Å². The lowest BCUT2D eigenvalue weighted by Crippen LogP contribution is -2.48. The summed E-state index contributed by atoms with van der Waals surface area (Å²) in [4.78, 5) is 2.24. The number of hydrogen-bond acceptors (Lipinski definition) is 3. The highest BCUT2D eigenvalue weighted by Crippen LogP contribution is 2.14. The number of anilines is 1. The average molecular weight is 279 g/mol. The molecule has 0 spiro atoms. The molecule has 1 saturated heterocycles. The first kappa shape index (κ1) is 15.9. The van der Waals surface area contributed by atoms with Crippen molar-refractivity contribution in [2.75, 3.05) is 24.5 Å². The molecule has 96 valence electrons. The van der Waals surface area contributed by atoms with Crippen LogP contribution in [0.5, 0.6) is 0 Å². The fraction of sp³-hybridized carbons (Fsp3) is 0.300. The van der Waals surface area contributed by atoms with E-state index in [9.17, 15) is 8.42 Å². The smallest absolute Gasteiger partial charge is 0.235 e. The van der Waals surface area contributed by atoms with Gasteiger partial charge in [0.15, 0.2) is 4.99 Å². The molecule has 0 atom stereocenters. The van der Waals surface area contributed by atoms with Crippen molar-refractivity contribution < 1.29 is 13.9 Å². The van der Waals surface area contributed by atoms with Crippen molar-refractivity contribution in [3.8, 4) is 0 Å². The maximum atomic E-state index is 11.0. The van der Waals surface area contributed by atoms with Crippen molar-refractivity contribution in [2.45, 2.75) is 0 Å². The number of nitrogens with one attached hydrogen (secondary N) is 1. The summed E-state index contributed by atoms with van der Waals surface area (Å²) in [6.45, 7) is 1.90. The fourth-order valence-corrected chi connectivity index (χ4v) is 2.23. The van der Waals surface area contributed by atoms with Crippen molar-refractivity contribution in [2.24, 2.45) is 0 Å². The Kier molecular flexibility index (Phi) is 6.82. The Morgan fingerprint density at radius 2 is 1.82 bits per heavy atom. The van der Waals surface area contributed by atoms with Gasteiger partial charge in [0.05, 0.1) is 6.54 Å². The molecule has 1 aliphatic rings. The Morgan fingerprint density at radius 3 is 2.41 bits per heavy atom. The summed E-state index contributed by atoms with van der Waals surface area (Å²) in [5, 5.41) is 3.04. The summed E-state index contributed by atoms with van der Waals surface area (Å²) in [7, 11) is -2.15. The van der Waals surface area contributed by atoms with Gasteiger partial charge in [0.25, 0.3) is 0 Å². The van der Waals surface area contributed by atoms with Crippen molar-refractivity contribution >= 4 is 33.4 Å². The summed E-state index contributed by atoms with van der Waals surface area (Å²) < 4.78 is 22.0. The van der Waals surface area contributed by atoms with Crippen LogP contribution in [0.15, 0.2) is 30.3 Å². The number of piperazine rings is 1. The van der Waals surface area contributed by atoms with Crippen LogP contribution in [0.25, 0.3) is 0 Å². The van der Waals surface area contributed by atoms with E-state index in [-0.39, 0.29) is 17.9 Å².